The number of rotatable bonds is 9. The van der Waals surface area contributed by atoms with E-state index >= 15 is 0 Å². The molecule has 4 N–H and O–H groups in total. The van der Waals surface area contributed by atoms with Gasteiger partial charge in [0.2, 0.25) is 0 Å². The first-order valence-corrected chi connectivity index (χ1v) is 13.6. The minimum Gasteiger partial charge on any atom is -0.368 e. The molecule has 2 aromatic carbocycles. The van der Waals surface area contributed by atoms with Crippen LogP contribution in [-0.4, -0.2) is 66.4 Å². The van der Waals surface area contributed by atoms with Gasteiger partial charge >= 0.3 is 6.03 Å². The monoisotopic (exact) mass is 574 g/mol. The van der Waals surface area contributed by atoms with Crippen LogP contribution < -0.4 is 20.9 Å². The Bertz CT molecular complexity index is 1270. The first-order chi connectivity index (χ1) is 18.9. The zero-order valence-electron chi connectivity index (χ0n) is 21.6. The van der Waals surface area contributed by atoms with E-state index in [0.29, 0.717) is 67.0 Å². The number of benzene rings is 2. The second-order valence-electron chi connectivity index (χ2n) is 9.10. The molecular weight excluding hydrogens is 543 g/mol. The molecule has 1 aromatic heterocycles. The molecule has 1 atom stereocenters. The van der Waals surface area contributed by atoms with Crippen LogP contribution in [0.3, 0.4) is 0 Å². The van der Waals surface area contributed by atoms with Gasteiger partial charge in [-0.25, -0.2) is 4.79 Å². The highest BCUT2D eigenvalue weighted by Gasteiger charge is 2.23. The molecule has 39 heavy (non-hydrogen) atoms. The fourth-order valence-electron chi connectivity index (χ4n) is 4.42. The van der Waals surface area contributed by atoms with Gasteiger partial charge in [0.25, 0.3) is 5.91 Å². The normalized spacial score (nSPS) is 14.5. The molecule has 1 unspecified atom stereocenters. The van der Waals surface area contributed by atoms with Crippen LogP contribution in [-0.2, 0) is 6.42 Å². The predicted molar refractivity (Wildman–Crippen MR) is 152 cm³/mol. The topological polar surface area (TPSA) is 123 Å². The summed E-state index contributed by atoms with van der Waals surface area (Å²) in [7, 11) is 0. The third-order valence-corrected chi connectivity index (χ3v) is 7.01. The van der Waals surface area contributed by atoms with E-state index < -0.39 is 6.23 Å². The number of hydrogen-bond donors (Lipinski definition) is 4. The summed E-state index contributed by atoms with van der Waals surface area (Å²) in [5.41, 5.74) is 2.67. The van der Waals surface area contributed by atoms with Crippen LogP contribution in [0.5, 0.6) is 0 Å². The van der Waals surface area contributed by atoms with E-state index in [1.165, 1.54) is 6.20 Å². The van der Waals surface area contributed by atoms with Crippen LogP contribution in [0.15, 0.2) is 53.2 Å². The van der Waals surface area contributed by atoms with Gasteiger partial charge in [-0.1, -0.05) is 34.4 Å². The average molecular weight is 575 g/mol. The summed E-state index contributed by atoms with van der Waals surface area (Å²) in [6.07, 6.45) is 1.60. The van der Waals surface area contributed by atoms with Crippen LogP contribution in [0.4, 0.5) is 16.2 Å². The van der Waals surface area contributed by atoms with Gasteiger partial charge in [-0.05, 0) is 55.7 Å². The average Bonchev–Trinajstić information content (AvgIpc) is 3.35. The third kappa shape index (κ3) is 7.56. The number of hydrogen-bond acceptors (Lipinski definition) is 7. The summed E-state index contributed by atoms with van der Waals surface area (Å²) in [5.74, 6) is -0.0176. The Morgan fingerprint density at radius 2 is 1.92 bits per heavy atom. The van der Waals surface area contributed by atoms with Crippen molar-refractivity contribution < 1.29 is 19.2 Å². The van der Waals surface area contributed by atoms with Crippen molar-refractivity contribution in [1.29, 1.82) is 0 Å². The van der Waals surface area contributed by atoms with Crippen molar-refractivity contribution in [3.05, 3.63) is 75.6 Å². The Balaban J connectivity index is 1.49. The molecule has 0 bridgehead atoms. The largest absolute Gasteiger partial charge is 0.368 e. The van der Waals surface area contributed by atoms with Gasteiger partial charge in [0, 0.05) is 60.9 Å². The van der Waals surface area contributed by atoms with Crippen molar-refractivity contribution in [2.75, 3.05) is 49.5 Å². The maximum Gasteiger partial charge on any atom is 0.317 e. The van der Waals surface area contributed by atoms with Gasteiger partial charge in [0.1, 0.15) is 0 Å². The number of amides is 3. The lowest BCUT2D eigenvalue weighted by molar-refractivity contribution is 0.0954. The molecule has 0 radical (unpaired) electrons. The highest BCUT2D eigenvalue weighted by molar-refractivity contribution is 6.35. The van der Waals surface area contributed by atoms with E-state index in [-0.39, 0.29) is 17.7 Å². The Morgan fingerprint density at radius 3 is 2.67 bits per heavy atom. The minimum atomic E-state index is -1.17. The molecule has 0 saturated carbocycles. The summed E-state index contributed by atoms with van der Waals surface area (Å²) in [4.78, 5) is 29.3. The number of urea groups is 1. The lowest BCUT2D eigenvalue weighted by atomic mass is 10.1. The minimum absolute atomic E-state index is 0.0784. The molecule has 1 saturated heterocycles. The number of halogens is 2. The number of aliphatic hydroxyl groups is 1. The number of aliphatic hydroxyl groups excluding tert-OH is 1. The maximum atomic E-state index is 13.0. The number of aromatic nitrogens is 1. The van der Waals surface area contributed by atoms with Gasteiger partial charge in [-0.15, -0.1) is 0 Å². The molecule has 208 valence electrons. The molecule has 1 fully saturated rings. The summed E-state index contributed by atoms with van der Waals surface area (Å²) in [5, 5.41) is 24.3. The molecule has 1 aliphatic heterocycles. The molecule has 4 rings (SSSR count). The van der Waals surface area contributed by atoms with E-state index in [2.05, 4.69) is 26.0 Å². The zero-order chi connectivity index (χ0) is 27.8. The highest BCUT2D eigenvalue weighted by Crippen LogP contribution is 2.31. The SMILES string of the molecule is CCNC(=O)N1CCCN(c2ccc(C(=O)NCCc3ccc(Cl)cc3Cl)cc2NC(O)c2ccno2)CC1. The molecule has 12 heteroatoms. The fraction of sp³-hybridized carbons (Fsp3) is 0.370. The Kier molecular flexibility index (Phi) is 9.91. The third-order valence-electron chi connectivity index (χ3n) is 6.43. The van der Waals surface area contributed by atoms with Gasteiger partial charge < -0.3 is 35.4 Å². The van der Waals surface area contributed by atoms with E-state index in [1.54, 1.807) is 35.2 Å². The van der Waals surface area contributed by atoms with Crippen LogP contribution in [0.25, 0.3) is 0 Å². The molecule has 3 amide bonds. The van der Waals surface area contributed by atoms with Gasteiger partial charge in [-0.2, -0.15) is 0 Å². The molecule has 3 aromatic rings. The Morgan fingerprint density at radius 1 is 1.08 bits per heavy atom. The lowest BCUT2D eigenvalue weighted by Gasteiger charge is -2.27. The summed E-state index contributed by atoms with van der Waals surface area (Å²) < 4.78 is 5.10. The number of nitrogens with one attached hydrogen (secondary N) is 3. The summed E-state index contributed by atoms with van der Waals surface area (Å²) in [6.45, 7) is 5.34. The zero-order valence-corrected chi connectivity index (χ0v) is 23.1. The number of anilines is 2. The molecule has 2 heterocycles. The van der Waals surface area contributed by atoms with E-state index in [0.717, 1.165) is 17.7 Å². The Hall–Kier alpha value is -3.47. The Labute approximate surface area is 237 Å². The lowest BCUT2D eigenvalue weighted by Crippen LogP contribution is -2.42. The quantitative estimate of drug-likeness (QED) is 0.281. The fourth-order valence-corrected chi connectivity index (χ4v) is 4.92. The van der Waals surface area contributed by atoms with E-state index in [1.807, 2.05) is 19.1 Å². The van der Waals surface area contributed by atoms with Crippen LogP contribution in [0.2, 0.25) is 10.0 Å². The van der Waals surface area contributed by atoms with Crippen molar-refractivity contribution in [2.24, 2.45) is 0 Å². The maximum absolute atomic E-state index is 13.0. The van der Waals surface area contributed by atoms with E-state index in [4.69, 9.17) is 27.7 Å². The molecule has 0 aliphatic carbocycles. The molecule has 0 spiro atoms. The second kappa shape index (κ2) is 13.5. The number of carbonyl (C=O) groups excluding carboxylic acids is 2. The first-order valence-electron chi connectivity index (χ1n) is 12.8. The molecule has 1 aliphatic rings. The van der Waals surface area contributed by atoms with Crippen molar-refractivity contribution in [1.82, 2.24) is 20.7 Å². The van der Waals surface area contributed by atoms with E-state index in [9.17, 15) is 14.7 Å². The van der Waals surface area contributed by atoms with Crippen molar-refractivity contribution in [3.8, 4) is 0 Å². The van der Waals surface area contributed by atoms with Crippen molar-refractivity contribution >= 4 is 46.5 Å². The summed E-state index contributed by atoms with van der Waals surface area (Å²) in [6, 6.07) is 12.1. The van der Waals surface area contributed by atoms with Gasteiger partial charge in [0.05, 0.1) is 17.6 Å². The van der Waals surface area contributed by atoms with Crippen molar-refractivity contribution in [2.45, 2.75) is 26.0 Å². The van der Waals surface area contributed by atoms with Crippen molar-refractivity contribution in [3.63, 3.8) is 0 Å². The van der Waals surface area contributed by atoms with Gasteiger partial charge in [0.15, 0.2) is 12.0 Å². The number of nitrogens with zero attached hydrogens (tertiary/aromatic N) is 3. The summed E-state index contributed by atoms with van der Waals surface area (Å²) >= 11 is 12.2. The van der Waals surface area contributed by atoms with Crippen LogP contribution in [0, 0.1) is 0 Å². The molecular formula is C27H32Cl2N6O4. The standard InChI is InChI=1S/C27H32Cl2N6O4/c1-2-30-27(38)35-13-3-12-34(14-15-35)23-7-5-19(16-22(23)33-26(37)24-9-11-32-39-24)25(36)31-10-8-18-4-6-20(28)17-21(18)29/h4-7,9,11,16-17,26,33,37H,2-3,8,10,12-15H2,1H3,(H,30,38)(H,31,36). The highest BCUT2D eigenvalue weighted by atomic mass is 35.5. The second-order valence-corrected chi connectivity index (χ2v) is 9.94. The molecule has 10 nitrogen and oxygen atoms in total. The number of carbonyl (C=O) groups is 2. The first kappa shape index (κ1) is 28.5. The van der Waals surface area contributed by atoms with Crippen LogP contribution >= 0.6 is 23.2 Å². The predicted octanol–water partition coefficient (Wildman–Crippen LogP) is 4.30. The van der Waals surface area contributed by atoms with Gasteiger partial charge in [-0.3, -0.25) is 4.79 Å². The van der Waals surface area contributed by atoms with Crippen LogP contribution in [0.1, 0.15) is 41.3 Å². The smallest absolute Gasteiger partial charge is 0.317 e.